The summed E-state index contributed by atoms with van der Waals surface area (Å²) in [4.78, 5) is 14.9. The van der Waals surface area contributed by atoms with Crippen LogP contribution in [0, 0.1) is 0 Å². The van der Waals surface area contributed by atoms with Gasteiger partial charge >= 0.3 is 0 Å². The molecule has 0 aromatic carbocycles. The van der Waals surface area contributed by atoms with Gasteiger partial charge in [0.05, 0.1) is 6.54 Å². The number of aryl methyl sites for hydroxylation is 1. The average molecular weight is 153 g/mol. The molecule has 0 atom stereocenters. The summed E-state index contributed by atoms with van der Waals surface area (Å²) < 4.78 is 1.77. The summed E-state index contributed by atoms with van der Waals surface area (Å²) in [7, 11) is 0. The van der Waals surface area contributed by atoms with Gasteiger partial charge in [-0.15, -0.1) is 0 Å². The van der Waals surface area contributed by atoms with E-state index >= 15 is 0 Å². The fraction of sp³-hybridized carbons (Fsp3) is 0.429. The summed E-state index contributed by atoms with van der Waals surface area (Å²) in [5, 5.41) is 0. The number of carbonyl (C=O) groups excluding carboxylic acids is 1. The van der Waals surface area contributed by atoms with Gasteiger partial charge < -0.3 is 10.3 Å². The fourth-order valence-corrected chi connectivity index (χ4v) is 0.908. The van der Waals surface area contributed by atoms with Gasteiger partial charge in [-0.1, -0.05) is 0 Å². The van der Waals surface area contributed by atoms with Crippen molar-refractivity contribution in [2.45, 2.75) is 13.5 Å². The third-order valence-corrected chi connectivity index (χ3v) is 1.49. The quantitative estimate of drug-likeness (QED) is 0.624. The van der Waals surface area contributed by atoms with Crippen molar-refractivity contribution in [1.82, 2.24) is 9.55 Å². The second kappa shape index (κ2) is 3.30. The Balaban J connectivity index is 2.92. The highest BCUT2D eigenvalue weighted by Gasteiger charge is 2.08. The van der Waals surface area contributed by atoms with Gasteiger partial charge in [0.25, 0.3) is 0 Å². The monoisotopic (exact) mass is 153 g/mol. The lowest BCUT2D eigenvalue weighted by atomic mass is 10.4. The SMILES string of the molecule is CCn1ccnc1C(=O)CN. The molecule has 4 heteroatoms. The molecule has 1 aromatic heterocycles. The molecule has 1 heterocycles. The van der Waals surface area contributed by atoms with Crippen LogP contribution >= 0.6 is 0 Å². The minimum Gasteiger partial charge on any atom is -0.329 e. The van der Waals surface area contributed by atoms with Crippen LogP contribution in [-0.4, -0.2) is 21.9 Å². The van der Waals surface area contributed by atoms with E-state index in [2.05, 4.69) is 4.98 Å². The molecule has 0 saturated heterocycles. The van der Waals surface area contributed by atoms with Gasteiger partial charge in [-0.05, 0) is 6.92 Å². The second-order valence-corrected chi connectivity index (χ2v) is 2.16. The molecular formula is C7H11N3O. The number of hydrogen-bond acceptors (Lipinski definition) is 3. The Hall–Kier alpha value is -1.16. The number of hydrogen-bond donors (Lipinski definition) is 1. The molecule has 0 spiro atoms. The number of aromatic nitrogens is 2. The van der Waals surface area contributed by atoms with Crippen LogP contribution < -0.4 is 5.73 Å². The van der Waals surface area contributed by atoms with Crippen molar-refractivity contribution < 1.29 is 4.79 Å². The van der Waals surface area contributed by atoms with Gasteiger partial charge in [-0.3, -0.25) is 4.79 Å². The highest BCUT2D eigenvalue weighted by molar-refractivity contribution is 5.94. The van der Waals surface area contributed by atoms with Crippen molar-refractivity contribution in [3.8, 4) is 0 Å². The molecule has 0 aliphatic rings. The molecule has 1 rings (SSSR count). The molecule has 11 heavy (non-hydrogen) atoms. The van der Waals surface area contributed by atoms with Crippen LogP contribution in [0.3, 0.4) is 0 Å². The number of nitrogens with zero attached hydrogens (tertiary/aromatic N) is 2. The summed E-state index contributed by atoms with van der Waals surface area (Å²) in [6.07, 6.45) is 3.37. The summed E-state index contributed by atoms with van der Waals surface area (Å²) in [6, 6.07) is 0. The molecule has 0 aliphatic heterocycles. The first-order valence-corrected chi connectivity index (χ1v) is 3.54. The van der Waals surface area contributed by atoms with Crippen LogP contribution in [0.5, 0.6) is 0 Å². The summed E-state index contributed by atoms with van der Waals surface area (Å²) in [5.41, 5.74) is 5.18. The van der Waals surface area contributed by atoms with Crippen molar-refractivity contribution in [3.63, 3.8) is 0 Å². The van der Waals surface area contributed by atoms with Crippen LogP contribution in [0.2, 0.25) is 0 Å². The molecule has 0 radical (unpaired) electrons. The molecule has 0 amide bonds. The first-order valence-electron chi connectivity index (χ1n) is 3.54. The van der Waals surface area contributed by atoms with Gasteiger partial charge in [-0.25, -0.2) is 4.98 Å². The van der Waals surface area contributed by atoms with Crippen molar-refractivity contribution in [1.29, 1.82) is 0 Å². The summed E-state index contributed by atoms with van der Waals surface area (Å²) in [6.45, 7) is 2.73. The predicted molar refractivity (Wildman–Crippen MR) is 41.3 cm³/mol. The van der Waals surface area contributed by atoms with Crippen molar-refractivity contribution >= 4 is 5.78 Å². The minimum atomic E-state index is -0.114. The van der Waals surface area contributed by atoms with Gasteiger partial charge in [0.1, 0.15) is 0 Å². The Morgan fingerprint density at radius 1 is 1.82 bits per heavy atom. The maximum atomic E-state index is 11.0. The van der Waals surface area contributed by atoms with Crippen LogP contribution in [-0.2, 0) is 6.54 Å². The Bertz CT molecular complexity index is 254. The topological polar surface area (TPSA) is 60.9 Å². The zero-order valence-electron chi connectivity index (χ0n) is 6.45. The number of ketones is 1. The Morgan fingerprint density at radius 3 is 3.09 bits per heavy atom. The number of rotatable bonds is 3. The Morgan fingerprint density at radius 2 is 2.55 bits per heavy atom. The molecule has 2 N–H and O–H groups in total. The lowest BCUT2D eigenvalue weighted by Crippen LogP contribution is -2.18. The van der Waals surface area contributed by atoms with E-state index in [1.807, 2.05) is 6.92 Å². The number of imidazole rings is 1. The summed E-state index contributed by atoms with van der Waals surface area (Å²) in [5.74, 6) is 0.340. The van der Waals surface area contributed by atoms with E-state index in [0.717, 1.165) is 6.54 Å². The zero-order valence-corrected chi connectivity index (χ0v) is 6.45. The van der Waals surface area contributed by atoms with Crippen LogP contribution in [0.1, 0.15) is 17.5 Å². The van der Waals surface area contributed by atoms with Crippen molar-refractivity contribution in [3.05, 3.63) is 18.2 Å². The molecule has 0 unspecified atom stereocenters. The smallest absolute Gasteiger partial charge is 0.211 e. The first kappa shape index (κ1) is 7.94. The fourth-order valence-electron chi connectivity index (χ4n) is 0.908. The predicted octanol–water partition coefficient (Wildman–Crippen LogP) is 0.0444. The molecule has 0 bridgehead atoms. The maximum Gasteiger partial charge on any atom is 0.211 e. The number of nitrogens with two attached hydrogens (primary N) is 1. The highest BCUT2D eigenvalue weighted by Crippen LogP contribution is 1.96. The van der Waals surface area contributed by atoms with Crippen LogP contribution in [0.25, 0.3) is 0 Å². The third kappa shape index (κ3) is 1.46. The standard InChI is InChI=1S/C7H11N3O/c1-2-10-4-3-9-7(10)6(11)5-8/h3-4H,2,5,8H2,1H3. The first-order chi connectivity index (χ1) is 5.29. The normalized spacial score (nSPS) is 10.0. The lowest BCUT2D eigenvalue weighted by molar-refractivity contribution is 0.0987. The highest BCUT2D eigenvalue weighted by atomic mass is 16.1. The van der Waals surface area contributed by atoms with E-state index in [-0.39, 0.29) is 12.3 Å². The largest absolute Gasteiger partial charge is 0.329 e. The van der Waals surface area contributed by atoms with E-state index in [1.165, 1.54) is 0 Å². The Labute approximate surface area is 65.0 Å². The van der Waals surface area contributed by atoms with E-state index < -0.39 is 0 Å². The average Bonchev–Trinajstić information content (AvgIpc) is 2.50. The van der Waals surface area contributed by atoms with Crippen molar-refractivity contribution in [2.24, 2.45) is 5.73 Å². The van der Waals surface area contributed by atoms with E-state index in [9.17, 15) is 4.79 Å². The van der Waals surface area contributed by atoms with Crippen LogP contribution in [0.4, 0.5) is 0 Å². The van der Waals surface area contributed by atoms with Gasteiger partial charge in [-0.2, -0.15) is 0 Å². The summed E-state index contributed by atoms with van der Waals surface area (Å²) >= 11 is 0. The van der Waals surface area contributed by atoms with Crippen LogP contribution in [0.15, 0.2) is 12.4 Å². The molecule has 0 saturated carbocycles. The maximum absolute atomic E-state index is 11.0. The Kier molecular flexibility index (Phi) is 2.38. The number of Topliss-reactive ketones (excluding diaryl/α,β-unsaturated/α-hetero) is 1. The van der Waals surface area contributed by atoms with Gasteiger partial charge in [0, 0.05) is 18.9 Å². The van der Waals surface area contributed by atoms with Gasteiger partial charge in [0.15, 0.2) is 5.82 Å². The second-order valence-electron chi connectivity index (χ2n) is 2.16. The van der Waals surface area contributed by atoms with E-state index in [0.29, 0.717) is 5.82 Å². The minimum absolute atomic E-state index is 0.0248. The molecule has 0 fully saturated rings. The molecule has 1 aromatic rings. The molecule has 0 aliphatic carbocycles. The number of carbonyl (C=O) groups is 1. The van der Waals surface area contributed by atoms with Gasteiger partial charge in [0.2, 0.25) is 5.78 Å². The van der Waals surface area contributed by atoms with E-state index in [4.69, 9.17) is 5.73 Å². The molecular weight excluding hydrogens is 142 g/mol. The molecule has 4 nitrogen and oxygen atoms in total. The van der Waals surface area contributed by atoms with E-state index in [1.54, 1.807) is 17.0 Å². The van der Waals surface area contributed by atoms with Crippen molar-refractivity contribution in [2.75, 3.05) is 6.54 Å². The lowest BCUT2D eigenvalue weighted by Gasteiger charge is -2.00. The zero-order chi connectivity index (χ0) is 8.27. The third-order valence-electron chi connectivity index (χ3n) is 1.49. The molecule has 60 valence electrons.